The molecule has 1 aromatic heterocycles. The van der Waals surface area contributed by atoms with E-state index in [2.05, 4.69) is 20.6 Å². The van der Waals surface area contributed by atoms with Gasteiger partial charge >= 0.3 is 17.9 Å². The smallest absolute Gasteiger partial charge is 0.326 e. The Balaban J connectivity index is 2.83. The number of carbonyl (C=O) groups excluding carboxylic acids is 2. The second-order valence-corrected chi connectivity index (χ2v) is 5.88. The van der Waals surface area contributed by atoms with E-state index in [-0.39, 0.29) is 12.8 Å². The van der Waals surface area contributed by atoms with Gasteiger partial charge in [0, 0.05) is 24.7 Å². The highest BCUT2D eigenvalue weighted by molar-refractivity contribution is 5.93. The molecule has 13 nitrogen and oxygen atoms in total. The van der Waals surface area contributed by atoms with Crippen molar-refractivity contribution >= 4 is 29.7 Å². The van der Waals surface area contributed by atoms with Crippen molar-refractivity contribution < 1.29 is 39.3 Å². The summed E-state index contributed by atoms with van der Waals surface area (Å²) in [6, 6.07) is -4.24. The SMILES string of the molecule is NC(CC(=O)O)C(=O)NC(CCC(=O)O)C(=O)NC(Cc1cnc[nH]1)C(=O)O. The number of nitrogens with one attached hydrogen (secondary N) is 3. The third-order valence-corrected chi connectivity index (χ3v) is 3.60. The molecule has 3 atom stereocenters. The van der Waals surface area contributed by atoms with Crippen LogP contribution in [0.15, 0.2) is 12.5 Å². The number of imidazole rings is 1. The van der Waals surface area contributed by atoms with E-state index >= 15 is 0 Å². The van der Waals surface area contributed by atoms with Gasteiger partial charge in [0.1, 0.15) is 12.1 Å². The Labute approximate surface area is 158 Å². The van der Waals surface area contributed by atoms with Crippen LogP contribution in [-0.4, -0.2) is 73.1 Å². The fourth-order valence-electron chi connectivity index (χ4n) is 2.18. The molecule has 28 heavy (non-hydrogen) atoms. The number of aliphatic carboxylic acids is 3. The second kappa shape index (κ2) is 10.6. The molecule has 0 spiro atoms. The zero-order valence-corrected chi connectivity index (χ0v) is 14.6. The molecule has 0 bridgehead atoms. The van der Waals surface area contributed by atoms with Crippen molar-refractivity contribution in [2.24, 2.45) is 5.73 Å². The number of carbonyl (C=O) groups is 5. The molecule has 0 aliphatic heterocycles. The van der Waals surface area contributed by atoms with Crippen molar-refractivity contribution in [3.63, 3.8) is 0 Å². The molecule has 3 unspecified atom stereocenters. The number of hydrogen-bond donors (Lipinski definition) is 7. The van der Waals surface area contributed by atoms with Crippen LogP contribution >= 0.6 is 0 Å². The third kappa shape index (κ3) is 7.82. The highest BCUT2D eigenvalue weighted by Crippen LogP contribution is 2.04. The predicted molar refractivity (Wildman–Crippen MR) is 90.9 cm³/mol. The van der Waals surface area contributed by atoms with Gasteiger partial charge in [-0.2, -0.15) is 0 Å². The van der Waals surface area contributed by atoms with E-state index in [1.807, 2.05) is 0 Å². The summed E-state index contributed by atoms with van der Waals surface area (Å²) in [4.78, 5) is 63.6. The van der Waals surface area contributed by atoms with Crippen LogP contribution in [0.4, 0.5) is 0 Å². The molecule has 154 valence electrons. The average Bonchev–Trinajstić information content (AvgIpc) is 3.09. The number of carboxylic acid groups (broad SMARTS) is 3. The molecule has 0 fully saturated rings. The first kappa shape index (κ1) is 22.6. The largest absolute Gasteiger partial charge is 0.481 e. The lowest BCUT2D eigenvalue weighted by Gasteiger charge is -2.22. The number of H-pyrrole nitrogens is 1. The van der Waals surface area contributed by atoms with Gasteiger partial charge in [-0.25, -0.2) is 9.78 Å². The van der Waals surface area contributed by atoms with Crippen molar-refractivity contribution in [3.05, 3.63) is 18.2 Å². The van der Waals surface area contributed by atoms with Crippen LogP contribution in [-0.2, 0) is 30.4 Å². The first-order valence-corrected chi connectivity index (χ1v) is 8.10. The maximum atomic E-state index is 12.4. The minimum atomic E-state index is -1.46. The third-order valence-electron chi connectivity index (χ3n) is 3.60. The Morgan fingerprint density at radius 3 is 2.18 bits per heavy atom. The van der Waals surface area contributed by atoms with E-state index in [0.29, 0.717) is 5.69 Å². The topological polar surface area (TPSA) is 225 Å². The van der Waals surface area contributed by atoms with Gasteiger partial charge in [0.2, 0.25) is 11.8 Å². The molecule has 1 aromatic rings. The molecular formula is C15H21N5O8. The van der Waals surface area contributed by atoms with E-state index in [9.17, 15) is 29.1 Å². The molecule has 1 rings (SSSR count). The summed E-state index contributed by atoms with van der Waals surface area (Å²) in [7, 11) is 0. The molecule has 13 heteroatoms. The van der Waals surface area contributed by atoms with Gasteiger partial charge in [-0.05, 0) is 6.42 Å². The predicted octanol–water partition coefficient (Wildman–Crippen LogP) is -2.33. The molecular weight excluding hydrogens is 378 g/mol. The zero-order valence-electron chi connectivity index (χ0n) is 14.6. The molecule has 0 radical (unpaired) electrons. The van der Waals surface area contributed by atoms with Crippen LogP contribution in [0.1, 0.15) is 25.0 Å². The Kier molecular flexibility index (Phi) is 8.55. The minimum absolute atomic E-state index is 0.126. The number of aromatic nitrogens is 2. The molecule has 0 aliphatic carbocycles. The van der Waals surface area contributed by atoms with Crippen molar-refractivity contribution in [1.29, 1.82) is 0 Å². The van der Waals surface area contributed by atoms with Gasteiger partial charge in [0.25, 0.3) is 0 Å². The molecule has 0 saturated heterocycles. The van der Waals surface area contributed by atoms with Crippen LogP contribution in [0.5, 0.6) is 0 Å². The zero-order chi connectivity index (χ0) is 21.3. The first-order chi connectivity index (χ1) is 13.1. The van der Waals surface area contributed by atoms with E-state index in [1.165, 1.54) is 12.5 Å². The average molecular weight is 399 g/mol. The van der Waals surface area contributed by atoms with E-state index in [0.717, 1.165) is 0 Å². The maximum absolute atomic E-state index is 12.4. The Morgan fingerprint density at radius 1 is 1.04 bits per heavy atom. The number of amides is 2. The van der Waals surface area contributed by atoms with Gasteiger partial charge in [0.05, 0.1) is 18.8 Å². The summed E-state index contributed by atoms with van der Waals surface area (Å²) in [5, 5.41) is 31.1. The second-order valence-electron chi connectivity index (χ2n) is 5.88. The van der Waals surface area contributed by atoms with Crippen molar-refractivity contribution in [1.82, 2.24) is 20.6 Å². The van der Waals surface area contributed by atoms with Gasteiger partial charge in [0.15, 0.2) is 0 Å². The van der Waals surface area contributed by atoms with Crippen LogP contribution in [0.2, 0.25) is 0 Å². The number of carboxylic acids is 3. The lowest BCUT2D eigenvalue weighted by atomic mass is 10.1. The van der Waals surface area contributed by atoms with Crippen LogP contribution in [0.3, 0.4) is 0 Å². The quantitative estimate of drug-likeness (QED) is 0.198. The fraction of sp³-hybridized carbons (Fsp3) is 0.467. The lowest BCUT2D eigenvalue weighted by molar-refractivity contribution is -0.143. The highest BCUT2D eigenvalue weighted by Gasteiger charge is 2.29. The van der Waals surface area contributed by atoms with Gasteiger partial charge in [-0.1, -0.05) is 0 Å². The van der Waals surface area contributed by atoms with Gasteiger partial charge < -0.3 is 36.7 Å². The molecule has 0 saturated carbocycles. The Hall–Kier alpha value is -3.48. The van der Waals surface area contributed by atoms with Crippen molar-refractivity contribution in [3.8, 4) is 0 Å². The molecule has 1 heterocycles. The fourth-order valence-corrected chi connectivity index (χ4v) is 2.18. The minimum Gasteiger partial charge on any atom is -0.481 e. The summed E-state index contributed by atoms with van der Waals surface area (Å²) in [6.45, 7) is 0. The van der Waals surface area contributed by atoms with E-state index in [1.54, 1.807) is 0 Å². The van der Waals surface area contributed by atoms with Crippen LogP contribution < -0.4 is 16.4 Å². The summed E-state index contributed by atoms with van der Waals surface area (Å²) >= 11 is 0. The summed E-state index contributed by atoms with van der Waals surface area (Å²) in [5.41, 5.74) is 5.85. The highest BCUT2D eigenvalue weighted by atomic mass is 16.4. The monoisotopic (exact) mass is 399 g/mol. The first-order valence-electron chi connectivity index (χ1n) is 8.10. The van der Waals surface area contributed by atoms with Crippen molar-refractivity contribution in [2.75, 3.05) is 0 Å². The summed E-state index contributed by atoms with van der Waals surface area (Å²) < 4.78 is 0. The molecule has 8 N–H and O–H groups in total. The Bertz CT molecular complexity index is 720. The standard InChI is InChI=1S/C15H21N5O8/c16-8(4-12(23)24)13(25)19-9(1-2-11(21)22)14(26)20-10(15(27)28)3-7-5-17-6-18-7/h5-6,8-10H,1-4,16H2,(H,17,18)(H,19,25)(H,20,26)(H,21,22)(H,23,24)(H,27,28). The molecule has 2 amide bonds. The number of aromatic amines is 1. The van der Waals surface area contributed by atoms with Crippen molar-refractivity contribution in [2.45, 2.75) is 43.8 Å². The number of hydrogen-bond acceptors (Lipinski definition) is 7. The molecule has 0 aliphatic rings. The summed E-state index contributed by atoms with van der Waals surface area (Å²) in [5.74, 6) is -5.85. The molecule has 0 aromatic carbocycles. The number of nitrogens with zero attached hydrogens (tertiary/aromatic N) is 1. The van der Waals surface area contributed by atoms with E-state index < -0.39 is 60.7 Å². The number of rotatable bonds is 12. The summed E-state index contributed by atoms with van der Waals surface area (Å²) in [6.07, 6.45) is 1.04. The van der Waals surface area contributed by atoms with Crippen LogP contribution in [0.25, 0.3) is 0 Å². The normalized spacial score (nSPS) is 13.8. The lowest BCUT2D eigenvalue weighted by Crippen LogP contribution is -2.55. The number of nitrogens with two attached hydrogens (primary N) is 1. The van der Waals surface area contributed by atoms with Crippen LogP contribution in [0, 0.1) is 0 Å². The van der Waals surface area contributed by atoms with E-state index in [4.69, 9.17) is 15.9 Å². The Morgan fingerprint density at radius 2 is 1.68 bits per heavy atom. The van der Waals surface area contributed by atoms with Gasteiger partial charge in [-0.15, -0.1) is 0 Å². The maximum Gasteiger partial charge on any atom is 0.326 e. The van der Waals surface area contributed by atoms with Gasteiger partial charge in [-0.3, -0.25) is 19.2 Å².